The van der Waals surface area contributed by atoms with Gasteiger partial charge in [0.2, 0.25) is 0 Å². The Labute approximate surface area is 163 Å². The average Bonchev–Trinajstić information content (AvgIpc) is 2.95. The Morgan fingerprint density at radius 2 is 2.14 bits per heavy atom. The lowest BCUT2D eigenvalue weighted by atomic mass is 10.0. The number of carbonyl (C=O) groups is 2. The topological polar surface area (TPSA) is 85.9 Å². The molecule has 1 atom stereocenters. The van der Waals surface area contributed by atoms with E-state index in [1.807, 2.05) is 26.0 Å². The predicted octanol–water partition coefficient (Wildman–Crippen LogP) is 3.14. The second-order valence-corrected chi connectivity index (χ2v) is 7.58. The van der Waals surface area contributed by atoms with Crippen molar-refractivity contribution in [2.75, 3.05) is 17.2 Å². The highest BCUT2D eigenvalue weighted by Gasteiger charge is 2.32. The highest BCUT2D eigenvalue weighted by molar-refractivity contribution is 5.99. The van der Waals surface area contributed by atoms with E-state index in [4.69, 9.17) is 14.2 Å². The summed E-state index contributed by atoms with van der Waals surface area (Å²) in [7, 11) is 0. The van der Waals surface area contributed by atoms with Gasteiger partial charge >= 0.3 is 0 Å². The molecule has 0 unspecified atom stereocenters. The second-order valence-electron chi connectivity index (χ2n) is 7.58. The zero-order valence-corrected chi connectivity index (χ0v) is 16.0. The van der Waals surface area contributed by atoms with Crippen LogP contribution in [-0.2, 0) is 16.0 Å². The van der Waals surface area contributed by atoms with Crippen molar-refractivity contribution in [2.45, 2.75) is 38.9 Å². The molecular weight excluding hydrogens is 360 g/mol. The monoisotopic (exact) mass is 382 g/mol. The Kier molecular flexibility index (Phi) is 4.37. The van der Waals surface area contributed by atoms with E-state index in [0.717, 1.165) is 12.0 Å². The summed E-state index contributed by atoms with van der Waals surface area (Å²) in [6, 6.07) is 10.8. The van der Waals surface area contributed by atoms with Gasteiger partial charge in [0.05, 0.1) is 5.69 Å². The van der Waals surface area contributed by atoms with Crippen molar-refractivity contribution >= 4 is 23.2 Å². The summed E-state index contributed by atoms with van der Waals surface area (Å²) in [6.07, 6.45) is 0.258. The molecule has 2 amide bonds. The van der Waals surface area contributed by atoms with Gasteiger partial charge in [-0.2, -0.15) is 0 Å². The van der Waals surface area contributed by atoms with Crippen molar-refractivity contribution in [3.63, 3.8) is 0 Å². The molecule has 2 heterocycles. The third kappa shape index (κ3) is 3.60. The molecule has 2 aliphatic rings. The van der Waals surface area contributed by atoms with Crippen LogP contribution in [0.2, 0.25) is 0 Å². The van der Waals surface area contributed by atoms with Gasteiger partial charge < -0.3 is 24.8 Å². The minimum Gasteiger partial charge on any atom is -0.483 e. The Balaban J connectivity index is 1.40. The van der Waals surface area contributed by atoms with Gasteiger partial charge in [-0.15, -0.1) is 0 Å². The Bertz CT molecular complexity index is 954. The molecule has 0 spiro atoms. The molecule has 146 valence electrons. The molecule has 0 bridgehead atoms. The van der Waals surface area contributed by atoms with E-state index in [1.165, 1.54) is 0 Å². The number of rotatable bonds is 4. The lowest BCUT2D eigenvalue weighted by Gasteiger charge is -2.23. The smallest absolute Gasteiger partial charge is 0.265 e. The van der Waals surface area contributed by atoms with Crippen molar-refractivity contribution in [1.82, 2.24) is 0 Å². The summed E-state index contributed by atoms with van der Waals surface area (Å²) in [5.41, 5.74) is 1.86. The molecule has 0 fully saturated rings. The first-order chi connectivity index (χ1) is 13.3. The Hall–Kier alpha value is -3.22. The van der Waals surface area contributed by atoms with Crippen molar-refractivity contribution in [1.29, 1.82) is 0 Å². The van der Waals surface area contributed by atoms with Gasteiger partial charge in [-0.25, -0.2) is 0 Å². The molecule has 0 aliphatic carbocycles. The van der Waals surface area contributed by atoms with E-state index in [1.54, 1.807) is 31.2 Å². The number of benzene rings is 2. The maximum absolute atomic E-state index is 12.3. The zero-order valence-electron chi connectivity index (χ0n) is 16.0. The van der Waals surface area contributed by atoms with Crippen LogP contribution in [0.1, 0.15) is 26.3 Å². The first kappa shape index (κ1) is 18.2. The largest absolute Gasteiger partial charge is 0.483 e. The summed E-state index contributed by atoms with van der Waals surface area (Å²) in [4.78, 5) is 24.0. The number of hydrogen-bond acceptors (Lipinski definition) is 5. The van der Waals surface area contributed by atoms with Gasteiger partial charge in [0, 0.05) is 17.7 Å². The maximum atomic E-state index is 12.3. The van der Waals surface area contributed by atoms with Crippen molar-refractivity contribution < 1.29 is 23.8 Å². The van der Waals surface area contributed by atoms with Crippen LogP contribution < -0.4 is 24.8 Å². The van der Waals surface area contributed by atoms with E-state index < -0.39 is 6.10 Å². The molecule has 7 nitrogen and oxygen atoms in total. The summed E-state index contributed by atoms with van der Waals surface area (Å²) in [5.74, 6) is 1.29. The lowest BCUT2D eigenvalue weighted by molar-refractivity contribution is -0.122. The third-order valence-electron chi connectivity index (χ3n) is 4.61. The van der Waals surface area contributed by atoms with Crippen LogP contribution in [0.5, 0.6) is 17.2 Å². The van der Waals surface area contributed by atoms with Crippen LogP contribution in [0.4, 0.5) is 11.4 Å². The highest BCUT2D eigenvalue weighted by atomic mass is 16.5. The van der Waals surface area contributed by atoms with Crippen molar-refractivity contribution in [3.8, 4) is 17.2 Å². The normalized spacial score (nSPS) is 18.8. The third-order valence-corrected chi connectivity index (χ3v) is 4.61. The maximum Gasteiger partial charge on any atom is 0.265 e. The molecule has 28 heavy (non-hydrogen) atoms. The van der Waals surface area contributed by atoms with Crippen LogP contribution >= 0.6 is 0 Å². The molecule has 2 aromatic carbocycles. The fourth-order valence-electron chi connectivity index (χ4n) is 3.33. The SMILES string of the molecule is C[C@H]1Oc2ccc(NC(=O)COc3cccc4c3OC(C)(C)C4)cc2NC1=O. The van der Waals surface area contributed by atoms with Crippen LogP contribution in [0.3, 0.4) is 0 Å². The quantitative estimate of drug-likeness (QED) is 0.849. The molecule has 4 rings (SSSR count). The molecule has 7 heteroatoms. The Morgan fingerprint density at radius 3 is 2.96 bits per heavy atom. The first-order valence-electron chi connectivity index (χ1n) is 9.16. The zero-order chi connectivity index (χ0) is 19.9. The summed E-state index contributed by atoms with van der Waals surface area (Å²) < 4.78 is 17.1. The number of para-hydroxylation sites is 1. The van der Waals surface area contributed by atoms with Crippen LogP contribution in [-0.4, -0.2) is 30.1 Å². The number of amides is 2. The minimum absolute atomic E-state index is 0.156. The van der Waals surface area contributed by atoms with E-state index in [9.17, 15) is 9.59 Å². The fraction of sp³-hybridized carbons (Fsp3) is 0.333. The number of ether oxygens (including phenoxy) is 3. The first-order valence-corrected chi connectivity index (χ1v) is 9.16. The molecule has 0 saturated heterocycles. The summed E-state index contributed by atoms with van der Waals surface area (Å²) in [5, 5.41) is 5.51. The molecule has 0 aromatic heterocycles. The van der Waals surface area contributed by atoms with Gasteiger partial charge in [-0.1, -0.05) is 12.1 Å². The number of anilines is 2. The number of nitrogens with one attached hydrogen (secondary N) is 2. The second kappa shape index (κ2) is 6.74. The van der Waals surface area contributed by atoms with Gasteiger partial charge in [0.25, 0.3) is 11.8 Å². The van der Waals surface area contributed by atoms with Crippen LogP contribution in [0.15, 0.2) is 36.4 Å². The van der Waals surface area contributed by atoms with Crippen LogP contribution in [0, 0.1) is 0 Å². The van der Waals surface area contributed by atoms with Gasteiger partial charge in [-0.05, 0) is 45.0 Å². The molecule has 0 radical (unpaired) electrons. The summed E-state index contributed by atoms with van der Waals surface area (Å²) in [6.45, 7) is 5.55. The van der Waals surface area contributed by atoms with Gasteiger partial charge in [-0.3, -0.25) is 9.59 Å². The standard InChI is InChI=1S/C21H22N2O5/c1-12-20(25)23-15-9-14(7-8-16(15)27-12)22-18(24)11-26-17-6-4-5-13-10-21(2,3)28-19(13)17/h4-9,12H,10-11H2,1-3H3,(H,22,24)(H,23,25)/t12-/m1/s1. The minimum atomic E-state index is -0.541. The Morgan fingerprint density at radius 1 is 1.32 bits per heavy atom. The molecule has 2 aromatic rings. The van der Waals surface area contributed by atoms with Crippen molar-refractivity contribution in [2.24, 2.45) is 0 Å². The number of fused-ring (bicyclic) bond motifs is 2. The van der Waals surface area contributed by atoms with E-state index in [-0.39, 0.29) is 24.0 Å². The number of carbonyl (C=O) groups excluding carboxylic acids is 2. The lowest BCUT2D eigenvalue weighted by Crippen LogP contribution is -2.34. The molecule has 0 saturated carbocycles. The van der Waals surface area contributed by atoms with Gasteiger partial charge in [0.1, 0.15) is 11.4 Å². The molecule has 2 N–H and O–H groups in total. The molecular formula is C21H22N2O5. The average molecular weight is 382 g/mol. The number of hydrogen-bond donors (Lipinski definition) is 2. The predicted molar refractivity (Wildman–Crippen MR) is 104 cm³/mol. The highest BCUT2D eigenvalue weighted by Crippen LogP contribution is 2.41. The van der Waals surface area contributed by atoms with Crippen LogP contribution in [0.25, 0.3) is 0 Å². The van der Waals surface area contributed by atoms with Gasteiger partial charge in [0.15, 0.2) is 24.2 Å². The fourth-order valence-corrected chi connectivity index (χ4v) is 3.33. The van der Waals surface area contributed by atoms with E-state index in [2.05, 4.69) is 10.6 Å². The van der Waals surface area contributed by atoms with E-state index >= 15 is 0 Å². The summed E-state index contributed by atoms with van der Waals surface area (Å²) >= 11 is 0. The molecule has 2 aliphatic heterocycles. The van der Waals surface area contributed by atoms with Crippen molar-refractivity contribution in [3.05, 3.63) is 42.0 Å². The van der Waals surface area contributed by atoms with E-state index in [0.29, 0.717) is 28.6 Å².